The molecule has 0 spiro atoms. The van der Waals surface area contributed by atoms with Gasteiger partial charge in [0.05, 0.1) is 0 Å². The van der Waals surface area contributed by atoms with Crippen LogP contribution in [0.15, 0.2) is 91.0 Å². The third-order valence-electron chi connectivity index (χ3n) is 6.57. The maximum Gasteiger partial charge on any atom is -0.00234 e. The Morgan fingerprint density at radius 1 is 0.548 bits per heavy atom. The van der Waals surface area contributed by atoms with Crippen molar-refractivity contribution in [2.24, 2.45) is 0 Å². The van der Waals surface area contributed by atoms with Crippen molar-refractivity contribution in [2.45, 2.75) is 26.2 Å². The second kappa shape index (κ2) is 7.33. The minimum absolute atomic E-state index is 0.310. The molecule has 0 fully saturated rings. The standard InChI is InChI=1S/C30H25P/c1-20-15-21(2)17-26(16-20)31-18-24-13-11-22-7-3-5-9-27(22)29(24)30-25(19-31)14-12-23-8-4-6-10-28(23)30/h3-17H,18-19H2,1-2H3. The van der Waals surface area contributed by atoms with Crippen LogP contribution in [0.1, 0.15) is 22.3 Å². The molecule has 0 atom stereocenters. The fourth-order valence-electron chi connectivity index (χ4n) is 5.27. The van der Waals surface area contributed by atoms with Gasteiger partial charge in [-0.1, -0.05) is 110 Å². The van der Waals surface area contributed by atoms with Gasteiger partial charge in [-0.25, -0.2) is 0 Å². The predicted octanol–water partition coefficient (Wildman–Crippen LogP) is 8.10. The van der Waals surface area contributed by atoms with Gasteiger partial charge in [-0.05, 0) is 75.3 Å². The number of fused-ring (bicyclic) bond motifs is 7. The molecule has 0 amide bonds. The molecular weight excluding hydrogens is 391 g/mol. The summed E-state index contributed by atoms with van der Waals surface area (Å²) in [5, 5.41) is 6.97. The first kappa shape index (κ1) is 18.8. The maximum absolute atomic E-state index is 2.42. The molecule has 0 aliphatic carbocycles. The summed E-state index contributed by atoms with van der Waals surface area (Å²) in [5.74, 6) is 0. The topological polar surface area (TPSA) is 0 Å². The molecule has 0 unspecified atom stereocenters. The second-order valence-electron chi connectivity index (χ2n) is 8.84. The van der Waals surface area contributed by atoms with Crippen LogP contribution in [-0.2, 0) is 12.3 Å². The fourth-order valence-corrected chi connectivity index (χ4v) is 7.87. The van der Waals surface area contributed by atoms with Crippen molar-refractivity contribution < 1.29 is 0 Å². The Hall–Kier alpha value is -2.95. The van der Waals surface area contributed by atoms with Crippen LogP contribution in [0.25, 0.3) is 32.7 Å². The third-order valence-corrected chi connectivity index (χ3v) is 9.01. The van der Waals surface area contributed by atoms with Gasteiger partial charge in [-0.2, -0.15) is 0 Å². The largest absolute Gasteiger partial charge is 0.0663 e. The molecule has 0 nitrogen and oxygen atoms in total. The van der Waals surface area contributed by atoms with Gasteiger partial charge >= 0.3 is 0 Å². The Morgan fingerprint density at radius 2 is 1.03 bits per heavy atom. The first-order chi connectivity index (χ1) is 15.2. The van der Waals surface area contributed by atoms with E-state index in [1.165, 1.54) is 60.2 Å². The number of hydrogen-bond donors (Lipinski definition) is 0. The summed E-state index contributed by atoms with van der Waals surface area (Å²) in [6, 6.07) is 34.4. The van der Waals surface area contributed by atoms with E-state index in [9.17, 15) is 0 Å². The van der Waals surface area contributed by atoms with Crippen LogP contribution in [0.4, 0.5) is 0 Å². The minimum atomic E-state index is -0.310. The first-order valence-electron chi connectivity index (χ1n) is 11.0. The van der Waals surface area contributed by atoms with Gasteiger partial charge in [0.1, 0.15) is 0 Å². The normalized spacial score (nSPS) is 13.7. The lowest BCUT2D eigenvalue weighted by molar-refractivity contribution is 1.37. The van der Waals surface area contributed by atoms with Gasteiger partial charge in [0, 0.05) is 0 Å². The van der Waals surface area contributed by atoms with Crippen molar-refractivity contribution in [1.29, 1.82) is 0 Å². The molecule has 1 aliphatic rings. The van der Waals surface area contributed by atoms with Crippen LogP contribution in [0, 0.1) is 13.8 Å². The van der Waals surface area contributed by atoms with E-state index in [2.05, 4.69) is 105 Å². The highest BCUT2D eigenvalue weighted by Gasteiger charge is 2.25. The lowest BCUT2D eigenvalue weighted by Gasteiger charge is -2.18. The molecule has 0 saturated carbocycles. The predicted molar refractivity (Wildman–Crippen MR) is 137 cm³/mol. The summed E-state index contributed by atoms with van der Waals surface area (Å²) in [5.41, 5.74) is 8.66. The third kappa shape index (κ3) is 3.18. The average molecular weight is 417 g/mol. The highest BCUT2D eigenvalue weighted by molar-refractivity contribution is 7.64. The van der Waals surface area contributed by atoms with Crippen LogP contribution < -0.4 is 5.30 Å². The van der Waals surface area contributed by atoms with Gasteiger partial charge < -0.3 is 0 Å². The number of rotatable bonds is 1. The number of hydrogen-bond acceptors (Lipinski definition) is 0. The van der Waals surface area contributed by atoms with E-state index in [0.29, 0.717) is 0 Å². The van der Waals surface area contributed by atoms with Gasteiger partial charge in [0.2, 0.25) is 0 Å². The van der Waals surface area contributed by atoms with Crippen LogP contribution in [-0.4, -0.2) is 0 Å². The molecule has 0 bridgehead atoms. The minimum Gasteiger partial charge on any atom is -0.0663 e. The zero-order valence-electron chi connectivity index (χ0n) is 18.0. The van der Waals surface area contributed by atoms with Gasteiger partial charge in [0.15, 0.2) is 0 Å². The Bertz CT molecular complexity index is 1350. The molecule has 1 heteroatoms. The molecule has 31 heavy (non-hydrogen) atoms. The molecule has 5 aromatic rings. The smallest absolute Gasteiger partial charge is 0.00234 e. The molecule has 1 heterocycles. The van der Waals surface area contributed by atoms with Crippen LogP contribution in [0.2, 0.25) is 0 Å². The van der Waals surface area contributed by atoms with E-state index in [1.807, 2.05) is 0 Å². The molecule has 6 rings (SSSR count). The van der Waals surface area contributed by atoms with Crippen LogP contribution in [0.5, 0.6) is 0 Å². The Kier molecular flexibility index (Phi) is 4.44. The number of benzene rings is 5. The molecule has 0 aromatic heterocycles. The lowest BCUT2D eigenvalue weighted by Crippen LogP contribution is -2.05. The zero-order chi connectivity index (χ0) is 20.9. The molecule has 0 N–H and O–H groups in total. The van der Waals surface area contributed by atoms with Gasteiger partial charge in [0.25, 0.3) is 0 Å². The summed E-state index contributed by atoms with van der Waals surface area (Å²) >= 11 is 0. The summed E-state index contributed by atoms with van der Waals surface area (Å²) < 4.78 is 0. The van der Waals surface area contributed by atoms with Crippen LogP contribution >= 0.6 is 7.92 Å². The Morgan fingerprint density at radius 3 is 1.55 bits per heavy atom. The van der Waals surface area contributed by atoms with Crippen molar-refractivity contribution >= 4 is 34.8 Å². The molecule has 5 aromatic carbocycles. The SMILES string of the molecule is Cc1cc(C)cc(P2Cc3ccc4ccccc4c3-c3c(ccc4ccccc34)C2)c1. The molecule has 1 aliphatic heterocycles. The molecule has 0 radical (unpaired) electrons. The Balaban J connectivity index is 1.69. The van der Waals surface area contributed by atoms with Crippen molar-refractivity contribution in [1.82, 2.24) is 0 Å². The summed E-state index contributed by atoms with van der Waals surface area (Å²) in [4.78, 5) is 0. The second-order valence-corrected chi connectivity index (χ2v) is 11.1. The molecule has 0 saturated heterocycles. The van der Waals surface area contributed by atoms with Crippen molar-refractivity contribution in [2.75, 3.05) is 0 Å². The van der Waals surface area contributed by atoms with Gasteiger partial charge in [-0.3, -0.25) is 0 Å². The highest BCUT2D eigenvalue weighted by atomic mass is 31.1. The van der Waals surface area contributed by atoms with E-state index in [0.717, 1.165) is 12.3 Å². The molecule has 150 valence electrons. The van der Waals surface area contributed by atoms with Crippen molar-refractivity contribution in [3.8, 4) is 11.1 Å². The fraction of sp³-hybridized carbons (Fsp3) is 0.133. The first-order valence-corrected chi connectivity index (χ1v) is 12.7. The van der Waals surface area contributed by atoms with Gasteiger partial charge in [-0.15, -0.1) is 0 Å². The van der Waals surface area contributed by atoms with E-state index in [-0.39, 0.29) is 7.92 Å². The van der Waals surface area contributed by atoms with E-state index in [4.69, 9.17) is 0 Å². The quantitative estimate of drug-likeness (QED) is 0.242. The number of aryl methyl sites for hydroxylation is 2. The molecular formula is C30H25P. The highest BCUT2D eigenvalue weighted by Crippen LogP contribution is 2.52. The maximum atomic E-state index is 2.42. The zero-order valence-corrected chi connectivity index (χ0v) is 18.9. The summed E-state index contributed by atoms with van der Waals surface area (Å²) in [7, 11) is -0.310. The monoisotopic (exact) mass is 416 g/mol. The van der Waals surface area contributed by atoms with E-state index < -0.39 is 0 Å². The summed E-state index contributed by atoms with van der Waals surface area (Å²) in [6.45, 7) is 4.46. The van der Waals surface area contributed by atoms with Crippen LogP contribution in [0.3, 0.4) is 0 Å². The van der Waals surface area contributed by atoms with Crippen molar-refractivity contribution in [3.63, 3.8) is 0 Å². The van der Waals surface area contributed by atoms with E-state index in [1.54, 1.807) is 0 Å². The summed E-state index contributed by atoms with van der Waals surface area (Å²) in [6.07, 6.45) is 2.28. The average Bonchev–Trinajstić information content (AvgIpc) is 2.95. The lowest BCUT2D eigenvalue weighted by atomic mass is 9.88. The van der Waals surface area contributed by atoms with E-state index >= 15 is 0 Å². The van der Waals surface area contributed by atoms with Crippen molar-refractivity contribution in [3.05, 3.63) is 113 Å². The Labute approximate surface area is 185 Å².